The van der Waals surface area contributed by atoms with E-state index in [1.807, 2.05) is 60.7 Å². The fraction of sp³-hybridized carbons (Fsp3) is 0.269. The minimum Gasteiger partial charge on any atom is -0.487 e. The summed E-state index contributed by atoms with van der Waals surface area (Å²) in [5.74, 6) is 0.709. The smallest absolute Gasteiger partial charge is 0.195 e. The number of ketones is 1. The fourth-order valence-electron chi connectivity index (χ4n) is 3.59. The SMILES string of the molecule is CC(C)(C)[C@@H]1COc2c(NCc3ccccc3)ccc(C(=O)c3ccccc3)c2N1. The second-order valence-electron chi connectivity index (χ2n) is 8.77. The zero-order valence-corrected chi connectivity index (χ0v) is 17.7. The lowest BCUT2D eigenvalue weighted by Crippen LogP contribution is -2.42. The molecule has 0 unspecified atom stereocenters. The topological polar surface area (TPSA) is 50.4 Å². The Labute approximate surface area is 178 Å². The number of rotatable bonds is 5. The summed E-state index contributed by atoms with van der Waals surface area (Å²) < 4.78 is 6.23. The number of anilines is 2. The first-order chi connectivity index (χ1) is 14.4. The first-order valence-corrected chi connectivity index (χ1v) is 10.4. The van der Waals surface area contributed by atoms with Crippen molar-refractivity contribution in [3.05, 3.63) is 89.5 Å². The Bertz CT molecular complexity index is 1020. The van der Waals surface area contributed by atoms with Gasteiger partial charge in [-0.3, -0.25) is 4.79 Å². The van der Waals surface area contributed by atoms with E-state index in [9.17, 15) is 4.79 Å². The number of carbonyl (C=O) groups is 1. The van der Waals surface area contributed by atoms with E-state index in [2.05, 4.69) is 43.5 Å². The highest BCUT2D eigenvalue weighted by molar-refractivity contribution is 6.13. The van der Waals surface area contributed by atoms with E-state index in [-0.39, 0.29) is 17.2 Å². The third-order valence-corrected chi connectivity index (χ3v) is 5.52. The van der Waals surface area contributed by atoms with Gasteiger partial charge >= 0.3 is 0 Å². The molecule has 1 aliphatic rings. The monoisotopic (exact) mass is 400 g/mol. The van der Waals surface area contributed by atoms with Crippen LogP contribution in [0, 0.1) is 5.41 Å². The molecule has 3 aromatic rings. The molecule has 4 rings (SSSR count). The molecule has 1 aliphatic heterocycles. The Morgan fingerprint density at radius 2 is 1.67 bits per heavy atom. The summed E-state index contributed by atoms with van der Waals surface area (Å²) in [6.45, 7) is 7.77. The lowest BCUT2D eigenvalue weighted by molar-refractivity contribution is 0.103. The normalized spacial score (nSPS) is 15.5. The molecule has 3 aromatic carbocycles. The van der Waals surface area contributed by atoms with E-state index < -0.39 is 0 Å². The molecule has 0 amide bonds. The largest absolute Gasteiger partial charge is 0.487 e. The molecule has 0 radical (unpaired) electrons. The van der Waals surface area contributed by atoms with Crippen molar-refractivity contribution in [1.29, 1.82) is 0 Å². The van der Waals surface area contributed by atoms with Gasteiger partial charge in [-0.15, -0.1) is 0 Å². The van der Waals surface area contributed by atoms with Crippen LogP contribution >= 0.6 is 0 Å². The Morgan fingerprint density at radius 3 is 2.33 bits per heavy atom. The quantitative estimate of drug-likeness (QED) is 0.536. The van der Waals surface area contributed by atoms with Crippen molar-refractivity contribution in [2.24, 2.45) is 5.41 Å². The van der Waals surface area contributed by atoms with E-state index in [0.717, 1.165) is 11.4 Å². The maximum absolute atomic E-state index is 13.2. The zero-order chi connectivity index (χ0) is 21.1. The number of benzene rings is 3. The van der Waals surface area contributed by atoms with Gasteiger partial charge in [0.15, 0.2) is 11.5 Å². The summed E-state index contributed by atoms with van der Waals surface area (Å²) in [4.78, 5) is 13.2. The standard InChI is InChI=1S/C26H28N2O2/c1-26(2,3)22-17-30-25-21(27-16-18-10-6-4-7-11-18)15-14-20(23(25)28-22)24(29)19-12-8-5-9-13-19/h4-15,22,27-28H,16-17H2,1-3H3/t22-/m0/s1. The molecule has 0 fully saturated rings. The van der Waals surface area contributed by atoms with Crippen LogP contribution in [0.25, 0.3) is 0 Å². The maximum atomic E-state index is 13.2. The summed E-state index contributed by atoms with van der Waals surface area (Å²) in [5.41, 5.74) is 4.15. The molecule has 0 bridgehead atoms. The van der Waals surface area contributed by atoms with Crippen molar-refractivity contribution in [3.8, 4) is 5.75 Å². The summed E-state index contributed by atoms with van der Waals surface area (Å²) in [5, 5.41) is 7.08. The van der Waals surface area contributed by atoms with Crippen LogP contribution in [0.1, 0.15) is 42.3 Å². The molecule has 0 spiro atoms. The highest BCUT2D eigenvalue weighted by Gasteiger charge is 2.33. The van der Waals surface area contributed by atoms with Crippen LogP contribution in [0.4, 0.5) is 11.4 Å². The number of hydrogen-bond donors (Lipinski definition) is 2. The number of hydrogen-bond acceptors (Lipinski definition) is 4. The van der Waals surface area contributed by atoms with Crippen LogP contribution in [0.2, 0.25) is 0 Å². The average Bonchev–Trinajstić information content (AvgIpc) is 2.77. The molecule has 0 aromatic heterocycles. The van der Waals surface area contributed by atoms with Gasteiger partial charge < -0.3 is 15.4 Å². The fourth-order valence-corrected chi connectivity index (χ4v) is 3.59. The number of nitrogens with one attached hydrogen (secondary N) is 2. The summed E-state index contributed by atoms with van der Waals surface area (Å²) >= 11 is 0. The van der Waals surface area contributed by atoms with Crippen molar-refractivity contribution in [1.82, 2.24) is 0 Å². The van der Waals surface area contributed by atoms with Gasteiger partial charge in [0.2, 0.25) is 0 Å². The number of ether oxygens (including phenoxy) is 1. The van der Waals surface area contributed by atoms with E-state index in [1.165, 1.54) is 5.56 Å². The van der Waals surface area contributed by atoms with E-state index in [0.29, 0.717) is 30.0 Å². The molecule has 4 nitrogen and oxygen atoms in total. The highest BCUT2D eigenvalue weighted by Crippen LogP contribution is 2.42. The van der Waals surface area contributed by atoms with Crippen LogP contribution in [0.5, 0.6) is 5.75 Å². The van der Waals surface area contributed by atoms with Crippen LogP contribution in [-0.4, -0.2) is 18.4 Å². The lowest BCUT2D eigenvalue weighted by Gasteiger charge is -2.37. The van der Waals surface area contributed by atoms with Gasteiger partial charge in [0.1, 0.15) is 6.61 Å². The minimum absolute atomic E-state index is 0.00176. The van der Waals surface area contributed by atoms with Gasteiger partial charge in [0.25, 0.3) is 0 Å². The van der Waals surface area contributed by atoms with Crippen LogP contribution in [0.15, 0.2) is 72.8 Å². The second-order valence-corrected chi connectivity index (χ2v) is 8.77. The average molecular weight is 401 g/mol. The molecule has 1 heterocycles. The molecule has 1 atom stereocenters. The zero-order valence-electron chi connectivity index (χ0n) is 17.7. The number of fused-ring (bicyclic) bond motifs is 1. The third kappa shape index (κ3) is 4.18. The van der Waals surface area contributed by atoms with Crippen molar-refractivity contribution in [3.63, 3.8) is 0 Å². The van der Waals surface area contributed by atoms with Gasteiger partial charge in [-0.2, -0.15) is 0 Å². The molecule has 30 heavy (non-hydrogen) atoms. The predicted octanol–water partition coefficient (Wildman–Crippen LogP) is 5.75. The molecule has 0 aliphatic carbocycles. The van der Waals surface area contributed by atoms with E-state index in [1.54, 1.807) is 0 Å². The second kappa shape index (κ2) is 8.23. The molecule has 154 valence electrons. The summed E-state index contributed by atoms with van der Waals surface area (Å²) in [6, 6.07) is 23.6. The van der Waals surface area contributed by atoms with Crippen molar-refractivity contribution in [2.45, 2.75) is 33.4 Å². The van der Waals surface area contributed by atoms with Crippen molar-refractivity contribution >= 4 is 17.2 Å². The maximum Gasteiger partial charge on any atom is 0.195 e. The minimum atomic E-state index is -0.00730. The molecule has 4 heteroatoms. The predicted molar refractivity (Wildman–Crippen MR) is 122 cm³/mol. The first-order valence-electron chi connectivity index (χ1n) is 10.4. The first kappa shape index (κ1) is 20.0. The Morgan fingerprint density at radius 1 is 1.00 bits per heavy atom. The number of carbonyl (C=O) groups excluding carboxylic acids is 1. The van der Waals surface area contributed by atoms with Gasteiger partial charge in [-0.05, 0) is 23.1 Å². The molecular formula is C26H28N2O2. The lowest BCUT2D eigenvalue weighted by atomic mass is 9.86. The molecule has 0 saturated carbocycles. The Hall–Kier alpha value is -3.27. The Kier molecular flexibility index (Phi) is 5.49. The highest BCUT2D eigenvalue weighted by atomic mass is 16.5. The summed E-state index contributed by atoms with van der Waals surface area (Å²) in [6.07, 6.45) is 0. The Balaban J connectivity index is 1.70. The molecule has 0 saturated heterocycles. The van der Waals surface area contributed by atoms with Crippen molar-refractivity contribution < 1.29 is 9.53 Å². The van der Waals surface area contributed by atoms with Crippen LogP contribution in [0.3, 0.4) is 0 Å². The van der Waals surface area contributed by atoms with E-state index >= 15 is 0 Å². The van der Waals surface area contributed by atoms with Crippen molar-refractivity contribution in [2.75, 3.05) is 17.2 Å². The third-order valence-electron chi connectivity index (χ3n) is 5.52. The van der Waals surface area contributed by atoms with Gasteiger partial charge in [-0.25, -0.2) is 0 Å². The summed E-state index contributed by atoms with van der Waals surface area (Å²) in [7, 11) is 0. The van der Waals surface area contributed by atoms with Gasteiger partial charge in [0, 0.05) is 17.7 Å². The molecule has 2 N–H and O–H groups in total. The van der Waals surface area contributed by atoms with E-state index in [4.69, 9.17) is 4.74 Å². The molecular weight excluding hydrogens is 372 g/mol. The van der Waals surface area contributed by atoms with Gasteiger partial charge in [-0.1, -0.05) is 81.4 Å². The van der Waals surface area contributed by atoms with Crippen LogP contribution in [-0.2, 0) is 6.54 Å². The van der Waals surface area contributed by atoms with Gasteiger partial charge in [0.05, 0.1) is 17.4 Å². The van der Waals surface area contributed by atoms with Crippen LogP contribution < -0.4 is 15.4 Å².